The highest BCUT2D eigenvalue weighted by Crippen LogP contribution is 2.32. The lowest BCUT2D eigenvalue weighted by Gasteiger charge is -2.14. The van der Waals surface area contributed by atoms with Gasteiger partial charge in [-0.25, -0.2) is 4.98 Å². The van der Waals surface area contributed by atoms with Gasteiger partial charge in [-0.05, 0) is 35.4 Å². The SMILES string of the molecule is CN=C(NCc1ccnc(N(C)C)c1)NCc1ccc2c(c1)OCO2. The van der Waals surface area contributed by atoms with E-state index in [4.69, 9.17) is 9.47 Å². The van der Waals surface area contributed by atoms with Crippen LogP contribution in [0.5, 0.6) is 11.5 Å². The van der Waals surface area contributed by atoms with E-state index in [0.717, 1.165) is 34.4 Å². The van der Waals surface area contributed by atoms with Gasteiger partial charge in [0.25, 0.3) is 0 Å². The first kappa shape index (κ1) is 16.9. The Morgan fingerprint density at radius 3 is 2.52 bits per heavy atom. The fourth-order valence-corrected chi connectivity index (χ4v) is 2.46. The van der Waals surface area contributed by atoms with Gasteiger partial charge in [0, 0.05) is 40.4 Å². The highest BCUT2D eigenvalue weighted by molar-refractivity contribution is 5.79. The van der Waals surface area contributed by atoms with E-state index in [0.29, 0.717) is 13.1 Å². The lowest BCUT2D eigenvalue weighted by molar-refractivity contribution is 0.174. The largest absolute Gasteiger partial charge is 0.454 e. The van der Waals surface area contributed by atoms with Crippen molar-refractivity contribution in [3.63, 3.8) is 0 Å². The molecule has 0 saturated carbocycles. The molecule has 2 heterocycles. The third kappa shape index (κ3) is 4.32. The first-order valence-corrected chi connectivity index (χ1v) is 8.11. The predicted octanol–water partition coefficient (Wildman–Crippen LogP) is 1.74. The fourth-order valence-electron chi connectivity index (χ4n) is 2.46. The second-order valence-electron chi connectivity index (χ2n) is 5.88. The topological polar surface area (TPSA) is 71.0 Å². The molecule has 132 valence electrons. The first-order valence-electron chi connectivity index (χ1n) is 8.11. The van der Waals surface area contributed by atoms with Crippen LogP contribution in [0.1, 0.15) is 11.1 Å². The van der Waals surface area contributed by atoms with Crippen LogP contribution in [0.3, 0.4) is 0 Å². The summed E-state index contributed by atoms with van der Waals surface area (Å²) in [5.74, 6) is 3.25. The Hall–Kier alpha value is -2.96. The second-order valence-corrected chi connectivity index (χ2v) is 5.88. The van der Waals surface area contributed by atoms with Crippen molar-refractivity contribution in [2.45, 2.75) is 13.1 Å². The summed E-state index contributed by atoms with van der Waals surface area (Å²) in [6, 6.07) is 9.97. The number of rotatable bonds is 5. The maximum atomic E-state index is 5.40. The Balaban J connectivity index is 1.54. The number of ether oxygens (including phenoxy) is 2. The molecule has 3 rings (SSSR count). The molecule has 7 heteroatoms. The highest BCUT2D eigenvalue weighted by Gasteiger charge is 2.13. The van der Waals surface area contributed by atoms with E-state index in [9.17, 15) is 0 Å². The lowest BCUT2D eigenvalue weighted by Crippen LogP contribution is -2.36. The zero-order valence-electron chi connectivity index (χ0n) is 14.7. The van der Waals surface area contributed by atoms with E-state index in [1.807, 2.05) is 49.5 Å². The molecule has 1 aliphatic rings. The van der Waals surface area contributed by atoms with E-state index in [1.54, 1.807) is 7.05 Å². The Bertz CT molecular complexity index is 761. The summed E-state index contributed by atoms with van der Waals surface area (Å²) in [7, 11) is 5.71. The standard InChI is InChI=1S/C18H23N5O2/c1-19-18(22-11-14-6-7-20-17(9-14)23(2)3)21-10-13-4-5-15-16(8-13)25-12-24-15/h4-9H,10-12H2,1-3H3,(H2,19,21,22). The van der Waals surface area contributed by atoms with Gasteiger partial charge in [0.2, 0.25) is 6.79 Å². The predicted molar refractivity (Wildman–Crippen MR) is 98.2 cm³/mol. The number of guanidine groups is 1. The van der Waals surface area contributed by atoms with Gasteiger partial charge in [0.15, 0.2) is 17.5 Å². The van der Waals surface area contributed by atoms with Crippen molar-refractivity contribution in [1.29, 1.82) is 0 Å². The summed E-state index contributed by atoms with van der Waals surface area (Å²) in [6.45, 7) is 1.61. The zero-order chi connectivity index (χ0) is 17.6. The minimum atomic E-state index is 0.288. The van der Waals surface area contributed by atoms with Crippen LogP contribution in [0.25, 0.3) is 0 Å². The second kappa shape index (κ2) is 7.74. The summed E-state index contributed by atoms with van der Waals surface area (Å²) < 4.78 is 10.7. The molecule has 0 bridgehead atoms. The van der Waals surface area contributed by atoms with Gasteiger partial charge in [-0.2, -0.15) is 0 Å². The Morgan fingerprint density at radius 2 is 1.80 bits per heavy atom. The molecule has 2 N–H and O–H groups in total. The average Bonchev–Trinajstić information content (AvgIpc) is 3.10. The van der Waals surface area contributed by atoms with Gasteiger partial charge in [0.1, 0.15) is 5.82 Å². The Kier molecular flexibility index (Phi) is 5.23. The summed E-state index contributed by atoms with van der Waals surface area (Å²) in [5, 5.41) is 6.61. The minimum Gasteiger partial charge on any atom is -0.454 e. The van der Waals surface area contributed by atoms with E-state index in [2.05, 4.69) is 26.7 Å². The molecule has 0 atom stereocenters. The van der Waals surface area contributed by atoms with Crippen molar-refractivity contribution in [2.75, 3.05) is 32.8 Å². The van der Waals surface area contributed by atoms with Gasteiger partial charge in [0.05, 0.1) is 0 Å². The van der Waals surface area contributed by atoms with Gasteiger partial charge >= 0.3 is 0 Å². The molecule has 0 fully saturated rings. The van der Waals surface area contributed by atoms with Crippen LogP contribution in [-0.2, 0) is 13.1 Å². The number of fused-ring (bicyclic) bond motifs is 1. The monoisotopic (exact) mass is 341 g/mol. The van der Waals surface area contributed by atoms with Gasteiger partial charge in [-0.1, -0.05) is 6.07 Å². The van der Waals surface area contributed by atoms with Gasteiger partial charge < -0.3 is 25.0 Å². The minimum absolute atomic E-state index is 0.288. The molecule has 1 aromatic heterocycles. The third-order valence-corrected chi connectivity index (χ3v) is 3.85. The molecule has 1 aliphatic heterocycles. The maximum absolute atomic E-state index is 5.40. The Labute approximate surface area is 147 Å². The summed E-state index contributed by atoms with van der Waals surface area (Å²) in [5.41, 5.74) is 2.25. The van der Waals surface area contributed by atoms with E-state index >= 15 is 0 Å². The number of aliphatic imine (C=N–C) groups is 1. The van der Waals surface area contributed by atoms with Crippen molar-refractivity contribution in [3.8, 4) is 11.5 Å². The molecule has 0 saturated heterocycles. The molecular formula is C18H23N5O2. The molecule has 25 heavy (non-hydrogen) atoms. The number of benzene rings is 1. The summed E-state index contributed by atoms with van der Waals surface area (Å²) in [6.07, 6.45) is 1.81. The first-order chi connectivity index (χ1) is 12.2. The summed E-state index contributed by atoms with van der Waals surface area (Å²) >= 11 is 0. The van der Waals surface area contributed by atoms with Crippen LogP contribution in [0.4, 0.5) is 5.82 Å². The highest BCUT2D eigenvalue weighted by atomic mass is 16.7. The number of aromatic nitrogens is 1. The van der Waals surface area contributed by atoms with Crippen LogP contribution in [0.15, 0.2) is 41.5 Å². The molecule has 0 unspecified atom stereocenters. The quantitative estimate of drug-likeness (QED) is 0.638. The Morgan fingerprint density at radius 1 is 1.08 bits per heavy atom. The van der Waals surface area contributed by atoms with Crippen LogP contribution in [-0.4, -0.2) is 38.9 Å². The van der Waals surface area contributed by atoms with E-state index in [1.165, 1.54) is 0 Å². The van der Waals surface area contributed by atoms with E-state index in [-0.39, 0.29) is 6.79 Å². The maximum Gasteiger partial charge on any atom is 0.231 e. The zero-order valence-corrected chi connectivity index (χ0v) is 14.7. The van der Waals surface area contributed by atoms with Crippen LogP contribution >= 0.6 is 0 Å². The molecule has 0 amide bonds. The molecule has 0 radical (unpaired) electrons. The number of hydrogen-bond acceptors (Lipinski definition) is 5. The molecule has 2 aromatic rings. The number of nitrogens with zero attached hydrogens (tertiary/aromatic N) is 3. The van der Waals surface area contributed by atoms with Crippen molar-refractivity contribution in [3.05, 3.63) is 47.7 Å². The molecule has 1 aromatic carbocycles. The lowest BCUT2D eigenvalue weighted by atomic mass is 10.2. The average molecular weight is 341 g/mol. The molecule has 0 spiro atoms. The van der Waals surface area contributed by atoms with E-state index < -0.39 is 0 Å². The fraction of sp³-hybridized carbons (Fsp3) is 0.333. The number of nitrogens with one attached hydrogen (secondary N) is 2. The van der Waals surface area contributed by atoms with Crippen molar-refractivity contribution < 1.29 is 9.47 Å². The van der Waals surface area contributed by atoms with Crippen LogP contribution in [0, 0.1) is 0 Å². The number of anilines is 1. The molecular weight excluding hydrogens is 318 g/mol. The van der Waals surface area contributed by atoms with Crippen LogP contribution in [0.2, 0.25) is 0 Å². The number of pyridine rings is 1. The van der Waals surface area contributed by atoms with Crippen molar-refractivity contribution >= 4 is 11.8 Å². The van der Waals surface area contributed by atoms with Crippen LogP contribution < -0.4 is 25.0 Å². The smallest absolute Gasteiger partial charge is 0.231 e. The van der Waals surface area contributed by atoms with Gasteiger partial charge in [-0.15, -0.1) is 0 Å². The number of hydrogen-bond donors (Lipinski definition) is 2. The molecule has 0 aliphatic carbocycles. The normalized spacial score (nSPS) is 12.8. The summed E-state index contributed by atoms with van der Waals surface area (Å²) in [4.78, 5) is 10.6. The third-order valence-electron chi connectivity index (χ3n) is 3.85. The van der Waals surface area contributed by atoms with Gasteiger partial charge in [-0.3, -0.25) is 4.99 Å². The van der Waals surface area contributed by atoms with Crippen molar-refractivity contribution in [2.24, 2.45) is 4.99 Å². The van der Waals surface area contributed by atoms with Crippen molar-refractivity contribution in [1.82, 2.24) is 15.6 Å². The molecule has 7 nitrogen and oxygen atoms in total.